The Morgan fingerprint density at radius 2 is 2.25 bits per heavy atom. The Labute approximate surface area is 140 Å². The number of aromatic amines is 1. The number of nitrogens with zero attached hydrogens (tertiary/aromatic N) is 1. The maximum absolute atomic E-state index is 13.2. The Morgan fingerprint density at radius 3 is 3.08 bits per heavy atom. The first-order valence-electron chi connectivity index (χ1n) is 7.69. The van der Waals surface area contributed by atoms with E-state index in [1.165, 1.54) is 28.3 Å². The van der Waals surface area contributed by atoms with E-state index >= 15 is 0 Å². The number of hydrogen-bond donors (Lipinski definition) is 2. The van der Waals surface area contributed by atoms with Crippen molar-refractivity contribution in [2.45, 2.75) is 25.8 Å². The van der Waals surface area contributed by atoms with Gasteiger partial charge in [-0.15, -0.1) is 11.3 Å². The molecule has 0 spiro atoms. The van der Waals surface area contributed by atoms with E-state index in [9.17, 15) is 14.0 Å². The van der Waals surface area contributed by atoms with Gasteiger partial charge in [0.15, 0.2) is 0 Å². The van der Waals surface area contributed by atoms with Gasteiger partial charge in [-0.3, -0.25) is 9.59 Å². The molecule has 122 valence electrons. The highest BCUT2D eigenvalue weighted by Gasteiger charge is 2.22. The van der Waals surface area contributed by atoms with E-state index in [0.29, 0.717) is 15.8 Å². The van der Waals surface area contributed by atoms with E-state index in [1.807, 2.05) is 0 Å². The molecule has 0 bridgehead atoms. The zero-order valence-corrected chi connectivity index (χ0v) is 13.5. The first kappa shape index (κ1) is 15.0. The highest BCUT2D eigenvalue weighted by Crippen LogP contribution is 2.34. The van der Waals surface area contributed by atoms with Crippen LogP contribution in [-0.4, -0.2) is 15.9 Å². The smallest absolute Gasteiger partial charge is 0.287 e. The Bertz CT molecular complexity index is 1010. The Kier molecular flexibility index (Phi) is 3.65. The normalized spacial score (nSPS) is 13.2. The number of carbonyl (C=O) groups is 1. The molecule has 0 saturated heterocycles. The number of aromatic nitrogens is 2. The second-order valence-corrected chi connectivity index (χ2v) is 6.85. The average Bonchev–Trinajstić information content (AvgIpc) is 3.13. The van der Waals surface area contributed by atoms with Crippen LogP contribution in [-0.2, 0) is 19.4 Å². The average molecular weight is 343 g/mol. The molecular weight excluding hydrogens is 329 g/mol. The van der Waals surface area contributed by atoms with Gasteiger partial charge in [0.25, 0.3) is 11.5 Å². The quantitative estimate of drug-likeness (QED) is 0.767. The first-order valence-corrected chi connectivity index (χ1v) is 8.50. The molecular formula is C17H14FN3O2S. The molecule has 1 aliphatic carbocycles. The number of rotatable bonds is 3. The maximum Gasteiger partial charge on any atom is 0.287 e. The predicted molar refractivity (Wildman–Crippen MR) is 89.8 cm³/mol. The first-order chi connectivity index (χ1) is 11.6. The van der Waals surface area contributed by atoms with E-state index in [1.54, 1.807) is 12.1 Å². The van der Waals surface area contributed by atoms with E-state index in [-0.39, 0.29) is 23.7 Å². The summed E-state index contributed by atoms with van der Waals surface area (Å²) >= 11 is 1.49. The molecule has 2 heterocycles. The van der Waals surface area contributed by atoms with Crippen LogP contribution in [0.5, 0.6) is 0 Å². The molecule has 0 saturated carbocycles. The summed E-state index contributed by atoms with van der Waals surface area (Å²) < 4.78 is 13.2. The Balaban J connectivity index is 1.60. The standard InChI is InChI=1S/C17H14FN3O2S/c18-10-4-1-3-9(7-10)8-19-16(23)14-20-15(22)13-11-5-2-6-12(11)24-17(13)21-14/h1,3-4,7H,2,5-6,8H2,(H,19,23)(H,20,21,22). The highest BCUT2D eigenvalue weighted by atomic mass is 32.1. The van der Waals surface area contributed by atoms with Gasteiger partial charge in [-0.05, 0) is 42.5 Å². The molecule has 1 aliphatic rings. The second kappa shape index (κ2) is 5.83. The third-order valence-electron chi connectivity index (χ3n) is 4.13. The molecule has 1 amide bonds. The fourth-order valence-electron chi connectivity index (χ4n) is 3.02. The molecule has 0 radical (unpaired) electrons. The summed E-state index contributed by atoms with van der Waals surface area (Å²) in [5.41, 5.74) is 1.45. The third-order valence-corrected chi connectivity index (χ3v) is 5.32. The van der Waals surface area contributed by atoms with Crippen molar-refractivity contribution in [3.8, 4) is 0 Å². The zero-order valence-electron chi connectivity index (χ0n) is 12.7. The van der Waals surface area contributed by atoms with Crippen LogP contribution in [0.3, 0.4) is 0 Å². The lowest BCUT2D eigenvalue weighted by atomic mass is 10.2. The van der Waals surface area contributed by atoms with Crippen molar-refractivity contribution in [2.75, 3.05) is 0 Å². The van der Waals surface area contributed by atoms with E-state index in [2.05, 4.69) is 15.3 Å². The van der Waals surface area contributed by atoms with Gasteiger partial charge in [-0.2, -0.15) is 0 Å². The van der Waals surface area contributed by atoms with Crippen LogP contribution in [0.15, 0.2) is 29.1 Å². The van der Waals surface area contributed by atoms with Crippen LogP contribution < -0.4 is 10.9 Å². The molecule has 0 aliphatic heterocycles. The fraction of sp³-hybridized carbons (Fsp3) is 0.235. The minimum Gasteiger partial charge on any atom is -0.345 e. The second-order valence-electron chi connectivity index (χ2n) is 5.76. The molecule has 0 fully saturated rings. The summed E-state index contributed by atoms with van der Waals surface area (Å²) in [4.78, 5) is 33.2. The number of benzene rings is 1. The summed E-state index contributed by atoms with van der Waals surface area (Å²) in [6, 6.07) is 5.99. The predicted octanol–water partition coefficient (Wildman–Crippen LogP) is 2.54. The van der Waals surface area contributed by atoms with Gasteiger partial charge in [0.05, 0.1) is 5.39 Å². The van der Waals surface area contributed by atoms with Crippen molar-refractivity contribution < 1.29 is 9.18 Å². The fourth-order valence-corrected chi connectivity index (χ4v) is 4.28. The summed E-state index contributed by atoms with van der Waals surface area (Å²) in [6.07, 6.45) is 2.93. The number of fused-ring (bicyclic) bond motifs is 3. The van der Waals surface area contributed by atoms with Gasteiger partial charge in [0.2, 0.25) is 5.82 Å². The molecule has 3 aromatic rings. The van der Waals surface area contributed by atoms with Crippen molar-refractivity contribution in [1.29, 1.82) is 0 Å². The van der Waals surface area contributed by atoms with Crippen LogP contribution in [0.25, 0.3) is 10.2 Å². The number of thiophene rings is 1. The number of aryl methyl sites for hydroxylation is 2. The van der Waals surface area contributed by atoms with Gasteiger partial charge in [-0.25, -0.2) is 9.37 Å². The number of H-pyrrole nitrogens is 1. The number of nitrogens with one attached hydrogen (secondary N) is 2. The van der Waals surface area contributed by atoms with Crippen molar-refractivity contribution in [1.82, 2.24) is 15.3 Å². The van der Waals surface area contributed by atoms with Crippen LogP contribution in [0, 0.1) is 5.82 Å². The van der Waals surface area contributed by atoms with Crippen molar-refractivity contribution >= 4 is 27.5 Å². The lowest BCUT2D eigenvalue weighted by molar-refractivity contribution is 0.0940. The summed E-state index contributed by atoms with van der Waals surface area (Å²) in [5, 5.41) is 3.27. The number of hydrogen-bond acceptors (Lipinski definition) is 4. The Morgan fingerprint density at radius 1 is 1.38 bits per heavy atom. The lowest BCUT2D eigenvalue weighted by Crippen LogP contribution is -2.27. The molecule has 5 nitrogen and oxygen atoms in total. The minimum absolute atomic E-state index is 0.0103. The maximum atomic E-state index is 13.2. The lowest BCUT2D eigenvalue weighted by Gasteiger charge is -2.05. The number of halogens is 1. The molecule has 2 N–H and O–H groups in total. The molecule has 4 rings (SSSR count). The van der Waals surface area contributed by atoms with Crippen LogP contribution in [0.2, 0.25) is 0 Å². The molecule has 0 unspecified atom stereocenters. The van der Waals surface area contributed by atoms with Crippen LogP contribution in [0.1, 0.15) is 33.0 Å². The number of amides is 1. The van der Waals surface area contributed by atoms with Crippen molar-refractivity contribution in [3.63, 3.8) is 0 Å². The van der Waals surface area contributed by atoms with Crippen LogP contribution >= 0.6 is 11.3 Å². The van der Waals surface area contributed by atoms with Gasteiger partial charge >= 0.3 is 0 Å². The minimum atomic E-state index is -0.480. The van der Waals surface area contributed by atoms with Gasteiger partial charge in [0.1, 0.15) is 10.6 Å². The monoisotopic (exact) mass is 343 g/mol. The highest BCUT2D eigenvalue weighted by molar-refractivity contribution is 7.18. The van der Waals surface area contributed by atoms with Gasteiger partial charge < -0.3 is 10.3 Å². The van der Waals surface area contributed by atoms with Gasteiger partial charge in [-0.1, -0.05) is 12.1 Å². The molecule has 0 atom stereocenters. The summed E-state index contributed by atoms with van der Waals surface area (Å²) in [5.74, 6) is -0.849. The Hall–Kier alpha value is -2.54. The van der Waals surface area contributed by atoms with Crippen LogP contribution in [0.4, 0.5) is 4.39 Å². The molecule has 24 heavy (non-hydrogen) atoms. The molecule has 2 aromatic heterocycles. The molecule has 7 heteroatoms. The summed E-state index contributed by atoms with van der Waals surface area (Å²) in [6.45, 7) is 0.166. The van der Waals surface area contributed by atoms with E-state index in [0.717, 1.165) is 24.8 Å². The SMILES string of the molecule is O=C(NCc1cccc(F)c1)c1nc2sc3c(c2c(=O)[nH]1)CCC3. The summed E-state index contributed by atoms with van der Waals surface area (Å²) in [7, 11) is 0. The van der Waals surface area contributed by atoms with Gasteiger partial charge in [0, 0.05) is 11.4 Å². The zero-order chi connectivity index (χ0) is 16.7. The third kappa shape index (κ3) is 2.60. The number of carbonyl (C=O) groups excluding carboxylic acids is 1. The largest absolute Gasteiger partial charge is 0.345 e. The van der Waals surface area contributed by atoms with Crippen molar-refractivity contribution in [2.24, 2.45) is 0 Å². The van der Waals surface area contributed by atoms with Crippen molar-refractivity contribution in [3.05, 3.63) is 62.3 Å². The topological polar surface area (TPSA) is 74.8 Å². The van der Waals surface area contributed by atoms with E-state index < -0.39 is 5.91 Å². The molecule has 1 aromatic carbocycles. The van der Waals surface area contributed by atoms with E-state index in [4.69, 9.17) is 0 Å².